The van der Waals surface area contributed by atoms with Crippen LogP contribution in [-0.2, 0) is 6.42 Å². The molecule has 0 bridgehead atoms. The lowest BCUT2D eigenvalue weighted by Gasteiger charge is -2.05. The van der Waals surface area contributed by atoms with Crippen molar-refractivity contribution in [1.29, 1.82) is 0 Å². The fourth-order valence-corrected chi connectivity index (χ4v) is 0.997. The van der Waals surface area contributed by atoms with Crippen molar-refractivity contribution in [2.24, 2.45) is 5.73 Å². The molecule has 66 valence electrons. The number of phenols is 2. The van der Waals surface area contributed by atoms with E-state index in [9.17, 15) is 5.11 Å². The van der Waals surface area contributed by atoms with Crippen LogP contribution in [0.4, 0.5) is 5.69 Å². The summed E-state index contributed by atoms with van der Waals surface area (Å²) in [4.78, 5) is 0. The molecule has 0 unspecified atom stereocenters. The van der Waals surface area contributed by atoms with Crippen molar-refractivity contribution >= 4 is 5.69 Å². The minimum Gasteiger partial charge on any atom is -0.508 e. The van der Waals surface area contributed by atoms with Gasteiger partial charge < -0.3 is 21.7 Å². The van der Waals surface area contributed by atoms with Gasteiger partial charge in [-0.2, -0.15) is 0 Å². The van der Waals surface area contributed by atoms with E-state index in [-0.39, 0.29) is 17.2 Å². The SMILES string of the molecule is NCCc1cc(N)c(O)cc1O. The van der Waals surface area contributed by atoms with Crippen LogP contribution in [0, 0.1) is 0 Å². The zero-order valence-electron chi connectivity index (χ0n) is 6.62. The molecule has 0 aliphatic heterocycles. The molecule has 6 N–H and O–H groups in total. The number of hydrogen-bond acceptors (Lipinski definition) is 4. The predicted molar refractivity (Wildman–Crippen MR) is 46.9 cm³/mol. The highest BCUT2D eigenvalue weighted by Crippen LogP contribution is 2.28. The van der Waals surface area contributed by atoms with E-state index >= 15 is 0 Å². The second-order valence-corrected chi connectivity index (χ2v) is 2.58. The van der Waals surface area contributed by atoms with Crippen molar-refractivity contribution < 1.29 is 10.2 Å². The smallest absolute Gasteiger partial charge is 0.142 e. The third-order valence-electron chi connectivity index (χ3n) is 1.64. The van der Waals surface area contributed by atoms with Gasteiger partial charge in [-0.15, -0.1) is 0 Å². The third-order valence-corrected chi connectivity index (χ3v) is 1.64. The molecular weight excluding hydrogens is 156 g/mol. The minimum atomic E-state index is -0.103. The average Bonchev–Trinajstić information content (AvgIpc) is 2.01. The Hall–Kier alpha value is -1.42. The monoisotopic (exact) mass is 168 g/mol. The molecule has 1 aromatic rings. The van der Waals surface area contributed by atoms with Crippen LogP contribution in [0.5, 0.6) is 11.5 Å². The van der Waals surface area contributed by atoms with Gasteiger partial charge in [0.15, 0.2) is 0 Å². The molecule has 0 aliphatic rings. The highest BCUT2D eigenvalue weighted by molar-refractivity contribution is 5.58. The van der Waals surface area contributed by atoms with E-state index in [1.807, 2.05) is 0 Å². The molecule has 0 saturated heterocycles. The van der Waals surface area contributed by atoms with Crippen LogP contribution in [0.25, 0.3) is 0 Å². The number of anilines is 1. The topological polar surface area (TPSA) is 92.5 Å². The summed E-state index contributed by atoms with van der Waals surface area (Å²) in [5.74, 6) is -0.0691. The lowest BCUT2D eigenvalue weighted by atomic mass is 10.1. The molecule has 0 radical (unpaired) electrons. The minimum absolute atomic E-state index is 0.0344. The van der Waals surface area contributed by atoms with Gasteiger partial charge in [0, 0.05) is 6.07 Å². The maximum Gasteiger partial charge on any atom is 0.142 e. The van der Waals surface area contributed by atoms with E-state index in [0.29, 0.717) is 18.5 Å². The summed E-state index contributed by atoms with van der Waals surface area (Å²) < 4.78 is 0. The van der Waals surface area contributed by atoms with E-state index in [1.165, 1.54) is 12.1 Å². The van der Waals surface area contributed by atoms with E-state index in [1.54, 1.807) is 0 Å². The lowest BCUT2D eigenvalue weighted by molar-refractivity contribution is 0.447. The van der Waals surface area contributed by atoms with Gasteiger partial charge in [0.2, 0.25) is 0 Å². The lowest BCUT2D eigenvalue weighted by Crippen LogP contribution is -2.03. The van der Waals surface area contributed by atoms with Crippen molar-refractivity contribution in [3.63, 3.8) is 0 Å². The number of phenolic OH excluding ortho intramolecular Hbond substituents is 2. The Labute approximate surface area is 70.4 Å². The fourth-order valence-electron chi connectivity index (χ4n) is 0.997. The van der Waals surface area contributed by atoms with Gasteiger partial charge in [-0.3, -0.25) is 0 Å². The summed E-state index contributed by atoms with van der Waals surface area (Å²) in [6.07, 6.45) is 0.552. The summed E-state index contributed by atoms with van der Waals surface area (Å²) in [5, 5.41) is 18.4. The number of aromatic hydroxyl groups is 2. The third kappa shape index (κ3) is 1.60. The number of benzene rings is 1. The van der Waals surface area contributed by atoms with Gasteiger partial charge in [0.25, 0.3) is 0 Å². The van der Waals surface area contributed by atoms with Gasteiger partial charge in [0.05, 0.1) is 5.69 Å². The molecule has 0 aromatic heterocycles. The molecule has 0 amide bonds. The Morgan fingerprint density at radius 2 is 1.83 bits per heavy atom. The predicted octanol–water partition coefficient (Wildman–Crippen LogP) is 0.181. The molecule has 0 heterocycles. The highest BCUT2D eigenvalue weighted by atomic mass is 16.3. The molecule has 12 heavy (non-hydrogen) atoms. The van der Waals surface area contributed by atoms with Gasteiger partial charge in [-0.1, -0.05) is 0 Å². The normalized spacial score (nSPS) is 10.1. The first kappa shape index (κ1) is 8.67. The Kier molecular flexibility index (Phi) is 2.40. The molecule has 4 nitrogen and oxygen atoms in total. The largest absolute Gasteiger partial charge is 0.508 e. The van der Waals surface area contributed by atoms with Crippen LogP contribution in [0.15, 0.2) is 12.1 Å². The number of rotatable bonds is 2. The summed E-state index contributed by atoms with van der Waals surface area (Å²) in [5.41, 5.74) is 11.6. The molecule has 0 aliphatic carbocycles. The summed E-state index contributed by atoms with van der Waals surface area (Å²) >= 11 is 0. The number of hydrogen-bond donors (Lipinski definition) is 4. The first-order valence-corrected chi connectivity index (χ1v) is 3.65. The quantitative estimate of drug-likeness (QED) is 0.288. The van der Waals surface area contributed by atoms with Gasteiger partial charge in [-0.25, -0.2) is 0 Å². The Morgan fingerprint density at radius 3 is 2.42 bits per heavy atom. The van der Waals surface area contributed by atoms with Crippen molar-refractivity contribution in [3.05, 3.63) is 17.7 Å². The van der Waals surface area contributed by atoms with E-state index in [4.69, 9.17) is 16.6 Å². The van der Waals surface area contributed by atoms with Crippen LogP contribution >= 0.6 is 0 Å². The van der Waals surface area contributed by atoms with Crippen LogP contribution in [0.3, 0.4) is 0 Å². The van der Waals surface area contributed by atoms with Crippen molar-refractivity contribution in [1.82, 2.24) is 0 Å². The van der Waals surface area contributed by atoms with Crippen LogP contribution in [0.2, 0.25) is 0 Å². The molecule has 0 atom stereocenters. The van der Waals surface area contributed by atoms with E-state index in [2.05, 4.69) is 0 Å². The Balaban J connectivity index is 3.05. The average molecular weight is 168 g/mol. The first-order valence-electron chi connectivity index (χ1n) is 3.65. The number of nitrogens with two attached hydrogens (primary N) is 2. The van der Waals surface area contributed by atoms with Crippen molar-refractivity contribution in [2.75, 3.05) is 12.3 Å². The van der Waals surface area contributed by atoms with Gasteiger partial charge in [0.1, 0.15) is 11.5 Å². The zero-order valence-corrected chi connectivity index (χ0v) is 6.62. The molecular formula is C8H12N2O2. The zero-order chi connectivity index (χ0) is 9.14. The summed E-state index contributed by atoms with van der Waals surface area (Å²) in [6.45, 7) is 0.442. The molecule has 4 heteroatoms. The fraction of sp³-hybridized carbons (Fsp3) is 0.250. The van der Waals surface area contributed by atoms with Crippen molar-refractivity contribution in [2.45, 2.75) is 6.42 Å². The first-order chi connectivity index (χ1) is 5.65. The van der Waals surface area contributed by atoms with Gasteiger partial charge >= 0.3 is 0 Å². The standard InChI is InChI=1S/C8H12N2O2/c9-2-1-5-3-6(10)8(12)4-7(5)11/h3-4,11-12H,1-2,9-10H2. The van der Waals surface area contributed by atoms with Crippen LogP contribution in [-0.4, -0.2) is 16.8 Å². The van der Waals surface area contributed by atoms with Gasteiger partial charge in [-0.05, 0) is 24.6 Å². The number of nitrogen functional groups attached to an aromatic ring is 1. The summed E-state index contributed by atoms with van der Waals surface area (Å²) in [7, 11) is 0. The van der Waals surface area contributed by atoms with Crippen LogP contribution < -0.4 is 11.5 Å². The molecule has 0 spiro atoms. The van der Waals surface area contributed by atoms with E-state index < -0.39 is 0 Å². The maximum atomic E-state index is 9.28. The van der Waals surface area contributed by atoms with E-state index in [0.717, 1.165) is 0 Å². The molecule has 1 aromatic carbocycles. The molecule has 1 rings (SSSR count). The maximum absolute atomic E-state index is 9.28. The molecule has 0 fully saturated rings. The van der Waals surface area contributed by atoms with Crippen molar-refractivity contribution in [3.8, 4) is 11.5 Å². The second kappa shape index (κ2) is 3.32. The molecule has 0 saturated carbocycles. The summed E-state index contributed by atoms with van der Waals surface area (Å²) in [6, 6.07) is 2.75. The highest BCUT2D eigenvalue weighted by Gasteiger charge is 2.04. The Morgan fingerprint density at radius 1 is 1.17 bits per heavy atom. The van der Waals surface area contributed by atoms with Crippen LogP contribution in [0.1, 0.15) is 5.56 Å². The second-order valence-electron chi connectivity index (χ2n) is 2.58. The Bertz CT molecular complexity index is 287.